The predicted octanol–water partition coefficient (Wildman–Crippen LogP) is 0.768. The number of carbonyl (C=O) groups is 1. The van der Waals surface area contributed by atoms with Crippen molar-refractivity contribution in [3.05, 3.63) is 53.9 Å². The van der Waals surface area contributed by atoms with Crippen molar-refractivity contribution in [1.29, 1.82) is 0 Å². The molecule has 0 aliphatic heterocycles. The number of aryl methyl sites for hydroxylation is 1. The summed E-state index contributed by atoms with van der Waals surface area (Å²) in [5.74, 6) is 0.887. The van der Waals surface area contributed by atoms with Crippen LogP contribution in [0.4, 0.5) is 0 Å². The Hall–Kier alpha value is -3.91. The van der Waals surface area contributed by atoms with E-state index in [0.29, 0.717) is 75.8 Å². The van der Waals surface area contributed by atoms with E-state index in [9.17, 15) is 15.0 Å². The topological polar surface area (TPSA) is 184 Å². The van der Waals surface area contributed by atoms with Gasteiger partial charge in [-0.2, -0.15) is 0 Å². The molecule has 0 fully saturated rings. The van der Waals surface area contributed by atoms with Crippen molar-refractivity contribution >= 4 is 5.91 Å². The predicted molar refractivity (Wildman–Crippen MR) is 140 cm³/mol. The maximum absolute atomic E-state index is 12.1. The maximum Gasteiger partial charge on any atom is 0.237 e. The van der Waals surface area contributed by atoms with E-state index >= 15 is 0 Å². The van der Waals surface area contributed by atoms with Crippen molar-refractivity contribution in [1.82, 2.24) is 25.7 Å². The summed E-state index contributed by atoms with van der Waals surface area (Å²) in [6.45, 7) is 4.83. The number of nitrogens with two attached hydrogens (primary N) is 1. The van der Waals surface area contributed by atoms with E-state index in [4.69, 9.17) is 24.7 Å². The summed E-state index contributed by atoms with van der Waals surface area (Å²) in [4.78, 5) is 12.1. The second kappa shape index (κ2) is 16.1. The zero-order chi connectivity index (χ0) is 27.9. The van der Waals surface area contributed by atoms with Crippen LogP contribution in [-0.2, 0) is 25.4 Å². The number of hydrogen-bond donors (Lipinski definition) is 4. The van der Waals surface area contributed by atoms with E-state index in [1.165, 1.54) is 12.1 Å². The van der Waals surface area contributed by atoms with E-state index in [0.717, 1.165) is 5.56 Å². The number of nitrogens with zero attached hydrogens (tertiary/aromatic N) is 4. The van der Waals surface area contributed by atoms with E-state index in [-0.39, 0.29) is 23.8 Å². The lowest BCUT2D eigenvalue weighted by atomic mass is 10.1. The van der Waals surface area contributed by atoms with Gasteiger partial charge in [0.1, 0.15) is 12.4 Å². The fourth-order valence-electron chi connectivity index (χ4n) is 3.28. The lowest BCUT2D eigenvalue weighted by Gasteiger charge is -2.13. The largest absolute Gasteiger partial charge is 0.504 e. The lowest BCUT2D eigenvalue weighted by molar-refractivity contribution is -0.122. The summed E-state index contributed by atoms with van der Waals surface area (Å²) >= 11 is 0. The molecular formula is C26H34N6O7. The highest BCUT2D eigenvalue weighted by molar-refractivity contribution is 5.81. The highest BCUT2D eigenvalue weighted by atomic mass is 16.6. The molecular weight excluding hydrogens is 508 g/mol. The van der Waals surface area contributed by atoms with Gasteiger partial charge in [-0.1, -0.05) is 6.07 Å². The van der Waals surface area contributed by atoms with Crippen molar-refractivity contribution in [3.8, 4) is 28.6 Å². The molecule has 1 amide bonds. The molecule has 0 aliphatic rings. The van der Waals surface area contributed by atoms with Crippen molar-refractivity contribution in [2.45, 2.75) is 19.4 Å². The summed E-state index contributed by atoms with van der Waals surface area (Å²) in [5.41, 5.74) is 7.34. The van der Waals surface area contributed by atoms with Crippen LogP contribution in [0.3, 0.4) is 0 Å². The fraction of sp³-hybridized carbons (Fsp3) is 0.423. The van der Waals surface area contributed by atoms with Crippen molar-refractivity contribution in [2.24, 2.45) is 5.73 Å². The number of rotatable bonds is 17. The molecule has 3 rings (SSSR count). The molecule has 0 radical (unpaired) electrons. The normalized spacial score (nSPS) is 11.7. The summed E-state index contributed by atoms with van der Waals surface area (Å²) < 4.78 is 22.0. The fourth-order valence-corrected chi connectivity index (χ4v) is 3.28. The highest BCUT2D eigenvalue weighted by Crippen LogP contribution is 2.25. The first-order valence-corrected chi connectivity index (χ1v) is 12.5. The van der Waals surface area contributed by atoms with E-state index in [2.05, 4.69) is 25.7 Å². The molecule has 0 bridgehead atoms. The average Bonchev–Trinajstić information content (AvgIpc) is 2.94. The summed E-state index contributed by atoms with van der Waals surface area (Å²) in [5, 5.41) is 37.4. The number of benzene rings is 2. The SMILES string of the molecule is Cc1nnc(-c2ccc(OCCOCCOCCOCCNC(=O)[C@H](N)Cc3ccc(O)c(O)c3)cc2)nn1. The first-order chi connectivity index (χ1) is 18.9. The Balaban J connectivity index is 1.12. The number of aromatic hydroxyl groups is 2. The number of carbonyl (C=O) groups excluding carboxylic acids is 1. The van der Waals surface area contributed by atoms with Crippen LogP contribution in [0.25, 0.3) is 11.4 Å². The van der Waals surface area contributed by atoms with Gasteiger partial charge in [0.05, 0.1) is 45.7 Å². The standard InChI is InChI=1S/C26H34N6O7/c1-18-29-31-25(32-30-18)20-3-5-21(6-4-20)39-15-14-38-13-12-37-11-10-36-9-8-28-26(35)22(27)16-19-2-7-23(33)24(34)17-19/h2-7,17,22,33-34H,8-16,27H2,1H3,(H,28,35)/t22-/m1/s1. The Morgan fingerprint density at radius 3 is 2.10 bits per heavy atom. The van der Waals surface area contributed by atoms with Crippen LogP contribution in [0, 0.1) is 6.92 Å². The second-order valence-corrected chi connectivity index (χ2v) is 8.41. The van der Waals surface area contributed by atoms with Crippen molar-refractivity contribution < 1.29 is 34.0 Å². The van der Waals surface area contributed by atoms with Crippen LogP contribution in [0.2, 0.25) is 0 Å². The maximum atomic E-state index is 12.1. The third kappa shape index (κ3) is 10.8. The molecule has 0 aliphatic carbocycles. The molecule has 39 heavy (non-hydrogen) atoms. The first-order valence-electron chi connectivity index (χ1n) is 12.5. The molecule has 210 valence electrons. The Morgan fingerprint density at radius 2 is 1.46 bits per heavy atom. The van der Waals surface area contributed by atoms with Crippen LogP contribution < -0.4 is 15.8 Å². The van der Waals surface area contributed by atoms with Gasteiger partial charge < -0.3 is 40.2 Å². The molecule has 1 atom stereocenters. The van der Waals surface area contributed by atoms with Gasteiger partial charge in [0.2, 0.25) is 11.7 Å². The van der Waals surface area contributed by atoms with Gasteiger partial charge in [-0.15, -0.1) is 20.4 Å². The molecule has 0 spiro atoms. The van der Waals surface area contributed by atoms with Gasteiger partial charge in [0.15, 0.2) is 17.3 Å². The lowest BCUT2D eigenvalue weighted by Crippen LogP contribution is -2.43. The molecule has 1 heterocycles. The van der Waals surface area contributed by atoms with Crippen LogP contribution >= 0.6 is 0 Å². The Kier molecular flexibility index (Phi) is 12.3. The van der Waals surface area contributed by atoms with E-state index in [1.807, 2.05) is 24.3 Å². The monoisotopic (exact) mass is 542 g/mol. The van der Waals surface area contributed by atoms with Gasteiger partial charge in [-0.3, -0.25) is 4.79 Å². The molecule has 0 saturated heterocycles. The van der Waals surface area contributed by atoms with Gasteiger partial charge in [-0.05, 0) is 55.3 Å². The zero-order valence-corrected chi connectivity index (χ0v) is 21.8. The highest BCUT2D eigenvalue weighted by Gasteiger charge is 2.14. The molecule has 5 N–H and O–H groups in total. The number of ether oxygens (including phenoxy) is 4. The van der Waals surface area contributed by atoms with Gasteiger partial charge in [-0.25, -0.2) is 0 Å². The zero-order valence-electron chi connectivity index (χ0n) is 21.8. The summed E-state index contributed by atoms with van der Waals surface area (Å²) in [7, 11) is 0. The molecule has 13 heteroatoms. The van der Waals surface area contributed by atoms with Crippen molar-refractivity contribution in [2.75, 3.05) is 52.8 Å². The number of phenolic OH excluding ortho intramolecular Hbond substituents is 2. The number of aromatic nitrogens is 4. The Bertz CT molecular complexity index is 1150. The molecule has 0 unspecified atom stereocenters. The number of amides is 1. The van der Waals surface area contributed by atoms with E-state index < -0.39 is 6.04 Å². The van der Waals surface area contributed by atoms with Gasteiger partial charge >= 0.3 is 0 Å². The first kappa shape index (κ1) is 29.6. The van der Waals surface area contributed by atoms with Crippen LogP contribution in [0.5, 0.6) is 17.2 Å². The van der Waals surface area contributed by atoms with E-state index in [1.54, 1.807) is 13.0 Å². The van der Waals surface area contributed by atoms with Crippen LogP contribution in [-0.4, -0.2) is 95.3 Å². The molecule has 1 aromatic heterocycles. The number of hydrogen-bond acceptors (Lipinski definition) is 12. The smallest absolute Gasteiger partial charge is 0.237 e. The molecule has 2 aromatic carbocycles. The third-order valence-corrected chi connectivity index (χ3v) is 5.31. The number of nitrogens with one attached hydrogen (secondary N) is 1. The van der Waals surface area contributed by atoms with Crippen molar-refractivity contribution in [3.63, 3.8) is 0 Å². The number of phenols is 2. The average molecular weight is 543 g/mol. The summed E-state index contributed by atoms with van der Waals surface area (Å²) in [6, 6.07) is 10.9. The molecule has 13 nitrogen and oxygen atoms in total. The van der Waals surface area contributed by atoms with Crippen LogP contribution in [0.15, 0.2) is 42.5 Å². The minimum absolute atomic E-state index is 0.221. The molecule has 0 saturated carbocycles. The molecule has 3 aromatic rings. The minimum Gasteiger partial charge on any atom is -0.504 e. The quantitative estimate of drug-likeness (QED) is 0.139. The Labute approximate surface area is 226 Å². The summed E-state index contributed by atoms with van der Waals surface area (Å²) in [6.07, 6.45) is 0.232. The third-order valence-electron chi connectivity index (χ3n) is 5.31. The van der Waals surface area contributed by atoms with Crippen LogP contribution in [0.1, 0.15) is 11.4 Å². The second-order valence-electron chi connectivity index (χ2n) is 8.41. The van der Waals surface area contributed by atoms with Gasteiger partial charge in [0, 0.05) is 12.1 Å². The minimum atomic E-state index is -0.780. The van der Waals surface area contributed by atoms with Gasteiger partial charge in [0.25, 0.3) is 0 Å². The Morgan fingerprint density at radius 1 is 0.846 bits per heavy atom.